The molecule has 0 radical (unpaired) electrons. The molecule has 0 spiro atoms. The normalized spacial score (nSPS) is 15.3. The molecule has 0 saturated carbocycles. The molecule has 1 aliphatic rings. The number of rotatable bonds is 3. The van der Waals surface area contributed by atoms with Crippen molar-refractivity contribution in [3.63, 3.8) is 0 Å². The third-order valence-electron chi connectivity index (χ3n) is 3.72. The molecule has 2 heterocycles. The molecule has 2 aromatic rings. The number of pyridine rings is 1. The molecule has 0 amide bonds. The summed E-state index contributed by atoms with van der Waals surface area (Å²) in [6.45, 7) is 3.49. The Morgan fingerprint density at radius 1 is 1.14 bits per heavy atom. The summed E-state index contributed by atoms with van der Waals surface area (Å²) in [5.74, 6) is 1.64. The van der Waals surface area contributed by atoms with E-state index in [9.17, 15) is 0 Å². The van der Waals surface area contributed by atoms with Crippen molar-refractivity contribution < 1.29 is 9.47 Å². The van der Waals surface area contributed by atoms with E-state index in [1.807, 2.05) is 25.4 Å². The Morgan fingerprint density at radius 2 is 1.95 bits per heavy atom. The molecule has 1 N–H and O–H groups in total. The lowest BCUT2D eigenvalue weighted by molar-refractivity contribution is 0.297. The first-order chi connectivity index (χ1) is 10.3. The standard InChI is InChI=1S/C17H20N2O2/c1-12-5-3-8-19-16(12)17(18-2)13-6-7-14-15(11-13)21-10-4-9-20-14/h3,5-8,11,17-18H,4,9-10H2,1-2H3. The van der Waals surface area contributed by atoms with Crippen molar-refractivity contribution >= 4 is 0 Å². The van der Waals surface area contributed by atoms with Crippen LogP contribution in [0.15, 0.2) is 36.5 Å². The molecule has 1 aromatic carbocycles. The summed E-state index contributed by atoms with van der Waals surface area (Å²) < 4.78 is 11.5. The SMILES string of the molecule is CNC(c1ccc2c(c1)OCCCO2)c1ncccc1C. The summed E-state index contributed by atoms with van der Waals surface area (Å²) in [5.41, 5.74) is 3.34. The van der Waals surface area contributed by atoms with Crippen LogP contribution in [0, 0.1) is 6.92 Å². The molecule has 0 fully saturated rings. The van der Waals surface area contributed by atoms with Crippen LogP contribution in [0.2, 0.25) is 0 Å². The fourth-order valence-corrected chi connectivity index (χ4v) is 2.62. The van der Waals surface area contributed by atoms with Crippen LogP contribution in [0.25, 0.3) is 0 Å². The number of ether oxygens (including phenoxy) is 2. The van der Waals surface area contributed by atoms with Gasteiger partial charge in [0.25, 0.3) is 0 Å². The van der Waals surface area contributed by atoms with E-state index < -0.39 is 0 Å². The molecule has 1 aromatic heterocycles. The Morgan fingerprint density at radius 3 is 2.71 bits per heavy atom. The molecule has 110 valence electrons. The molecule has 0 aliphatic carbocycles. The number of aromatic nitrogens is 1. The minimum Gasteiger partial charge on any atom is -0.490 e. The quantitative estimate of drug-likeness (QED) is 0.941. The fraction of sp³-hybridized carbons (Fsp3) is 0.353. The first-order valence-electron chi connectivity index (χ1n) is 7.28. The third kappa shape index (κ3) is 2.85. The van der Waals surface area contributed by atoms with Crippen LogP contribution in [0.4, 0.5) is 0 Å². The molecule has 1 unspecified atom stereocenters. The Labute approximate surface area is 125 Å². The van der Waals surface area contributed by atoms with E-state index in [0.717, 1.165) is 29.2 Å². The molecule has 1 aliphatic heterocycles. The van der Waals surface area contributed by atoms with Crippen molar-refractivity contribution in [2.45, 2.75) is 19.4 Å². The number of nitrogens with zero attached hydrogens (tertiary/aromatic N) is 1. The molecular weight excluding hydrogens is 264 g/mol. The monoisotopic (exact) mass is 284 g/mol. The highest BCUT2D eigenvalue weighted by Crippen LogP contribution is 2.34. The first kappa shape index (κ1) is 13.9. The van der Waals surface area contributed by atoms with Crippen LogP contribution >= 0.6 is 0 Å². The van der Waals surface area contributed by atoms with Gasteiger partial charge in [0.05, 0.1) is 24.9 Å². The predicted molar refractivity (Wildman–Crippen MR) is 81.9 cm³/mol. The number of aryl methyl sites for hydroxylation is 1. The molecule has 3 rings (SSSR count). The van der Waals surface area contributed by atoms with Crippen molar-refractivity contribution in [3.05, 3.63) is 53.3 Å². The summed E-state index contributed by atoms with van der Waals surface area (Å²) in [7, 11) is 1.95. The Bertz CT molecular complexity index is 628. The van der Waals surface area contributed by atoms with Gasteiger partial charge in [-0.25, -0.2) is 0 Å². The van der Waals surface area contributed by atoms with Gasteiger partial charge < -0.3 is 14.8 Å². The average molecular weight is 284 g/mol. The van der Waals surface area contributed by atoms with Crippen molar-refractivity contribution in [3.8, 4) is 11.5 Å². The minimum absolute atomic E-state index is 0.0448. The highest BCUT2D eigenvalue weighted by molar-refractivity contribution is 5.46. The fourth-order valence-electron chi connectivity index (χ4n) is 2.62. The van der Waals surface area contributed by atoms with Gasteiger partial charge >= 0.3 is 0 Å². The van der Waals surface area contributed by atoms with E-state index in [2.05, 4.69) is 35.4 Å². The number of hydrogen-bond donors (Lipinski definition) is 1. The van der Waals surface area contributed by atoms with E-state index in [1.165, 1.54) is 5.56 Å². The van der Waals surface area contributed by atoms with Gasteiger partial charge in [0.15, 0.2) is 11.5 Å². The van der Waals surface area contributed by atoms with Gasteiger partial charge in [-0.1, -0.05) is 12.1 Å². The van der Waals surface area contributed by atoms with Crippen LogP contribution in [0.5, 0.6) is 11.5 Å². The van der Waals surface area contributed by atoms with E-state index in [-0.39, 0.29) is 6.04 Å². The third-order valence-corrected chi connectivity index (χ3v) is 3.72. The minimum atomic E-state index is 0.0448. The van der Waals surface area contributed by atoms with E-state index in [1.54, 1.807) is 0 Å². The topological polar surface area (TPSA) is 43.4 Å². The van der Waals surface area contributed by atoms with Gasteiger partial charge in [-0.3, -0.25) is 4.98 Å². The maximum atomic E-state index is 5.78. The van der Waals surface area contributed by atoms with Gasteiger partial charge in [-0.05, 0) is 43.3 Å². The van der Waals surface area contributed by atoms with Gasteiger partial charge in [0.1, 0.15) is 0 Å². The second-order valence-electron chi connectivity index (χ2n) is 5.18. The number of benzene rings is 1. The molecule has 0 saturated heterocycles. The second kappa shape index (κ2) is 6.14. The highest BCUT2D eigenvalue weighted by atomic mass is 16.5. The summed E-state index contributed by atoms with van der Waals surface area (Å²) in [4.78, 5) is 4.52. The number of fused-ring (bicyclic) bond motifs is 1. The lowest BCUT2D eigenvalue weighted by atomic mass is 9.99. The summed E-state index contributed by atoms with van der Waals surface area (Å²) in [6, 6.07) is 10.2. The maximum Gasteiger partial charge on any atom is 0.161 e. The van der Waals surface area contributed by atoms with Gasteiger partial charge in [0, 0.05) is 12.6 Å². The Balaban J connectivity index is 1.98. The molecule has 1 atom stereocenters. The highest BCUT2D eigenvalue weighted by Gasteiger charge is 2.18. The largest absolute Gasteiger partial charge is 0.490 e. The summed E-state index contributed by atoms with van der Waals surface area (Å²) in [5, 5.41) is 3.34. The van der Waals surface area contributed by atoms with E-state index in [0.29, 0.717) is 13.2 Å². The second-order valence-corrected chi connectivity index (χ2v) is 5.18. The van der Waals surface area contributed by atoms with Crippen LogP contribution in [0.3, 0.4) is 0 Å². The molecular formula is C17H20N2O2. The summed E-state index contributed by atoms with van der Waals surface area (Å²) >= 11 is 0. The average Bonchev–Trinajstić information content (AvgIpc) is 2.75. The van der Waals surface area contributed by atoms with E-state index in [4.69, 9.17) is 9.47 Å². The lowest BCUT2D eigenvalue weighted by Crippen LogP contribution is -2.20. The predicted octanol–water partition coefficient (Wildman–Crippen LogP) is 2.86. The number of hydrogen-bond acceptors (Lipinski definition) is 4. The van der Waals surface area contributed by atoms with Crippen LogP contribution < -0.4 is 14.8 Å². The Kier molecular flexibility index (Phi) is 4.06. The van der Waals surface area contributed by atoms with Crippen molar-refractivity contribution in [1.29, 1.82) is 0 Å². The lowest BCUT2D eigenvalue weighted by Gasteiger charge is -2.19. The van der Waals surface area contributed by atoms with Crippen molar-refractivity contribution in [2.75, 3.05) is 20.3 Å². The zero-order valence-electron chi connectivity index (χ0n) is 12.4. The Hall–Kier alpha value is -2.07. The zero-order valence-corrected chi connectivity index (χ0v) is 12.4. The zero-order chi connectivity index (χ0) is 14.7. The van der Waals surface area contributed by atoms with Crippen molar-refractivity contribution in [2.24, 2.45) is 0 Å². The molecule has 21 heavy (non-hydrogen) atoms. The van der Waals surface area contributed by atoms with Gasteiger partial charge in [0.2, 0.25) is 0 Å². The van der Waals surface area contributed by atoms with E-state index >= 15 is 0 Å². The van der Waals surface area contributed by atoms with Crippen LogP contribution in [-0.2, 0) is 0 Å². The molecule has 4 heteroatoms. The van der Waals surface area contributed by atoms with Crippen molar-refractivity contribution in [1.82, 2.24) is 10.3 Å². The first-order valence-corrected chi connectivity index (χ1v) is 7.28. The number of nitrogens with one attached hydrogen (secondary N) is 1. The van der Waals surface area contributed by atoms with Crippen LogP contribution in [-0.4, -0.2) is 25.2 Å². The maximum absolute atomic E-state index is 5.78. The molecule has 4 nitrogen and oxygen atoms in total. The van der Waals surface area contributed by atoms with Crippen LogP contribution in [0.1, 0.15) is 29.3 Å². The molecule has 0 bridgehead atoms. The van der Waals surface area contributed by atoms with Gasteiger partial charge in [-0.2, -0.15) is 0 Å². The smallest absolute Gasteiger partial charge is 0.161 e. The van der Waals surface area contributed by atoms with Gasteiger partial charge in [-0.15, -0.1) is 0 Å². The summed E-state index contributed by atoms with van der Waals surface area (Å²) in [6.07, 6.45) is 2.74.